The van der Waals surface area contributed by atoms with E-state index in [9.17, 15) is 13.6 Å². The molecule has 1 amide bonds. The van der Waals surface area contributed by atoms with E-state index >= 15 is 0 Å². The average Bonchev–Trinajstić information content (AvgIpc) is 3.29. The van der Waals surface area contributed by atoms with Crippen LogP contribution in [-0.4, -0.2) is 46.5 Å². The number of anilines is 1. The molecule has 2 aromatic heterocycles. The molecule has 8 heteroatoms. The molecule has 1 aromatic carbocycles. The lowest BCUT2D eigenvalue weighted by Crippen LogP contribution is -2.26. The zero-order valence-electron chi connectivity index (χ0n) is 15.1. The average molecular weight is 386 g/mol. The van der Waals surface area contributed by atoms with Gasteiger partial charge in [-0.2, -0.15) is 5.10 Å². The molecule has 1 fully saturated rings. The lowest BCUT2D eigenvalue weighted by atomic mass is 10.0. The number of carbonyl (C=O) groups excluding carboxylic acids is 1. The fourth-order valence-corrected chi connectivity index (χ4v) is 3.69. The van der Waals surface area contributed by atoms with Gasteiger partial charge in [0, 0.05) is 31.4 Å². The largest absolute Gasteiger partial charge is 0.395 e. The van der Waals surface area contributed by atoms with Crippen LogP contribution >= 0.6 is 0 Å². The summed E-state index contributed by atoms with van der Waals surface area (Å²) in [6.45, 7) is 0.182. The summed E-state index contributed by atoms with van der Waals surface area (Å²) in [7, 11) is 0. The van der Waals surface area contributed by atoms with Gasteiger partial charge in [-0.15, -0.1) is 0 Å². The van der Waals surface area contributed by atoms with E-state index in [-0.39, 0.29) is 43.9 Å². The van der Waals surface area contributed by atoms with Gasteiger partial charge in [0.2, 0.25) is 0 Å². The van der Waals surface area contributed by atoms with Gasteiger partial charge in [0.1, 0.15) is 12.0 Å². The van der Waals surface area contributed by atoms with Crippen molar-refractivity contribution < 1.29 is 18.7 Å². The number of hydrogen-bond donors (Lipinski definition) is 2. The predicted octanol–water partition coefficient (Wildman–Crippen LogP) is 2.49. The molecule has 0 aliphatic carbocycles. The maximum absolute atomic E-state index is 14.3. The Bertz CT molecular complexity index is 1010. The predicted molar refractivity (Wildman–Crippen MR) is 101 cm³/mol. The Morgan fingerprint density at radius 1 is 1.32 bits per heavy atom. The standard InChI is InChI=1S/C20H20F2N4O2/c21-14-3-1-2-13(8-14)18-9-15(22)12-25(18)16-4-6-26-19(10-16)17(11-24-26)20(28)23-5-7-27/h1-4,6,8,10-11,15,18,27H,5,7,9,12H2,(H,23,28). The van der Waals surface area contributed by atoms with E-state index in [0.29, 0.717) is 11.1 Å². The summed E-state index contributed by atoms with van der Waals surface area (Å²) in [6, 6.07) is 9.52. The van der Waals surface area contributed by atoms with Gasteiger partial charge in [0.25, 0.3) is 5.91 Å². The topological polar surface area (TPSA) is 69.9 Å². The van der Waals surface area contributed by atoms with Crippen molar-refractivity contribution in [2.75, 3.05) is 24.6 Å². The van der Waals surface area contributed by atoms with Gasteiger partial charge in [-0.1, -0.05) is 12.1 Å². The maximum Gasteiger partial charge on any atom is 0.255 e. The summed E-state index contributed by atoms with van der Waals surface area (Å²) < 4.78 is 29.5. The van der Waals surface area contributed by atoms with Crippen molar-refractivity contribution in [3.63, 3.8) is 0 Å². The number of nitrogens with zero attached hydrogens (tertiary/aromatic N) is 3. The number of rotatable bonds is 5. The van der Waals surface area contributed by atoms with Crippen LogP contribution < -0.4 is 10.2 Å². The molecule has 28 heavy (non-hydrogen) atoms. The molecule has 4 rings (SSSR count). The Balaban J connectivity index is 1.70. The molecule has 2 atom stereocenters. The summed E-state index contributed by atoms with van der Waals surface area (Å²) in [5.74, 6) is -0.693. The second-order valence-electron chi connectivity index (χ2n) is 6.81. The minimum absolute atomic E-state index is 0.146. The number of hydrogen-bond acceptors (Lipinski definition) is 4. The fraction of sp³-hybridized carbons (Fsp3) is 0.300. The van der Waals surface area contributed by atoms with Crippen LogP contribution in [0.2, 0.25) is 0 Å². The third kappa shape index (κ3) is 3.43. The number of benzene rings is 1. The molecule has 1 saturated heterocycles. The van der Waals surface area contributed by atoms with Crippen LogP contribution in [0.1, 0.15) is 28.4 Å². The summed E-state index contributed by atoms with van der Waals surface area (Å²) in [4.78, 5) is 14.2. The van der Waals surface area contributed by atoms with E-state index in [1.165, 1.54) is 18.3 Å². The normalized spacial score (nSPS) is 19.3. The van der Waals surface area contributed by atoms with Gasteiger partial charge in [-0.05, 0) is 29.8 Å². The lowest BCUT2D eigenvalue weighted by molar-refractivity contribution is 0.0946. The number of amides is 1. The lowest BCUT2D eigenvalue weighted by Gasteiger charge is -2.27. The highest BCUT2D eigenvalue weighted by Gasteiger charge is 2.34. The molecule has 3 aromatic rings. The summed E-state index contributed by atoms with van der Waals surface area (Å²) in [6.07, 6.45) is 2.42. The molecule has 0 spiro atoms. The second kappa shape index (κ2) is 7.55. The van der Waals surface area contributed by atoms with Gasteiger partial charge >= 0.3 is 0 Å². The molecule has 0 radical (unpaired) electrons. The molecular weight excluding hydrogens is 366 g/mol. The SMILES string of the molecule is O=C(NCCO)c1cnn2ccc(N3CC(F)CC3c3cccc(F)c3)cc12. The van der Waals surface area contributed by atoms with Crippen LogP contribution in [0.25, 0.3) is 5.52 Å². The molecule has 2 N–H and O–H groups in total. The van der Waals surface area contributed by atoms with Gasteiger partial charge in [0.05, 0.1) is 29.9 Å². The minimum atomic E-state index is -1.03. The van der Waals surface area contributed by atoms with Crippen molar-refractivity contribution in [1.29, 1.82) is 0 Å². The van der Waals surface area contributed by atoms with Gasteiger partial charge in [0.15, 0.2) is 0 Å². The number of aromatic nitrogens is 2. The van der Waals surface area contributed by atoms with Crippen molar-refractivity contribution in [2.45, 2.75) is 18.6 Å². The van der Waals surface area contributed by atoms with E-state index in [0.717, 1.165) is 11.3 Å². The first kappa shape index (κ1) is 18.4. The molecule has 2 unspecified atom stereocenters. The highest BCUT2D eigenvalue weighted by Crippen LogP contribution is 2.38. The van der Waals surface area contributed by atoms with Crippen molar-refractivity contribution in [2.24, 2.45) is 0 Å². The number of halogens is 2. The molecule has 6 nitrogen and oxygen atoms in total. The number of carbonyl (C=O) groups is 1. The highest BCUT2D eigenvalue weighted by molar-refractivity contribution is 6.01. The minimum Gasteiger partial charge on any atom is -0.395 e. The van der Waals surface area contributed by atoms with Crippen LogP contribution in [0.5, 0.6) is 0 Å². The smallest absolute Gasteiger partial charge is 0.255 e. The number of aliphatic hydroxyl groups excluding tert-OH is 1. The zero-order chi connectivity index (χ0) is 19.7. The fourth-order valence-electron chi connectivity index (χ4n) is 3.69. The van der Waals surface area contributed by atoms with E-state index < -0.39 is 6.17 Å². The first-order chi connectivity index (χ1) is 13.6. The van der Waals surface area contributed by atoms with Gasteiger partial charge in [-0.3, -0.25) is 4.79 Å². The highest BCUT2D eigenvalue weighted by atomic mass is 19.1. The van der Waals surface area contributed by atoms with Crippen molar-refractivity contribution >= 4 is 17.1 Å². The molecule has 146 valence electrons. The number of fused-ring (bicyclic) bond motifs is 1. The summed E-state index contributed by atoms with van der Waals surface area (Å²) in [5.41, 5.74) is 2.40. The van der Waals surface area contributed by atoms with E-state index in [1.807, 2.05) is 4.90 Å². The third-order valence-corrected chi connectivity index (χ3v) is 4.96. The first-order valence-corrected chi connectivity index (χ1v) is 9.09. The molecule has 0 bridgehead atoms. The molecule has 1 aliphatic heterocycles. The Labute approximate surface area is 160 Å². The molecule has 3 heterocycles. The monoisotopic (exact) mass is 386 g/mol. The number of pyridine rings is 1. The van der Waals surface area contributed by atoms with E-state index in [4.69, 9.17) is 5.11 Å². The van der Waals surface area contributed by atoms with Gasteiger partial charge < -0.3 is 15.3 Å². The number of nitrogens with one attached hydrogen (secondary N) is 1. The molecule has 1 aliphatic rings. The van der Waals surface area contributed by atoms with E-state index in [2.05, 4.69) is 10.4 Å². The third-order valence-electron chi connectivity index (χ3n) is 4.96. The van der Waals surface area contributed by atoms with Crippen LogP contribution in [0.3, 0.4) is 0 Å². The summed E-state index contributed by atoms with van der Waals surface area (Å²) in [5, 5.41) is 15.7. The second-order valence-corrected chi connectivity index (χ2v) is 6.81. The van der Waals surface area contributed by atoms with Crippen molar-refractivity contribution in [1.82, 2.24) is 14.9 Å². The Morgan fingerprint density at radius 3 is 2.96 bits per heavy atom. The molecular formula is C20H20F2N4O2. The summed E-state index contributed by atoms with van der Waals surface area (Å²) >= 11 is 0. The number of alkyl halides is 1. The van der Waals surface area contributed by atoms with Crippen LogP contribution in [0, 0.1) is 5.82 Å². The number of aliphatic hydroxyl groups is 1. The zero-order valence-corrected chi connectivity index (χ0v) is 15.1. The van der Waals surface area contributed by atoms with Crippen molar-refractivity contribution in [3.05, 3.63) is 65.7 Å². The molecule has 0 saturated carbocycles. The Morgan fingerprint density at radius 2 is 2.18 bits per heavy atom. The van der Waals surface area contributed by atoms with Crippen molar-refractivity contribution in [3.8, 4) is 0 Å². The van der Waals surface area contributed by atoms with Gasteiger partial charge in [-0.25, -0.2) is 13.3 Å². The Hall–Kier alpha value is -3.00. The maximum atomic E-state index is 14.3. The van der Waals surface area contributed by atoms with Crippen LogP contribution in [-0.2, 0) is 0 Å². The Kier molecular flexibility index (Phi) is 4.95. The van der Waals surface area contributed by atoms with Crippen LogP contribution in [0.4, 0.5) is 14.5 Å². The first-order valence-electron chi connectivity index (χ1n) is 9.09. The van der Waals surface area contributed by atoms with Crippen LogP contribution in [0.15, 0.2) is 48.8 Å². The van der Waals surface area contributed by atoms with E-state index in [1.54, 1.807) is 35.0 Å². The quantitative estimate of drug-likeness (QED) is 0.707.